The van der Waals surface area contributed by atoms with Crippen LogP contribution in [0.15, 0.2) is 76.6 Å². The number of piperidine rings is 1. The van der Waals surface area contributed by atoms with Crippen molar-refractivity contribution in [2.75, 3.05) is 12.8 Å². The van der Waals surface area contributed by atoms with E-state index in [0.717, 1.165) is 17.4 Å². The zero-order chi connectivity index (χ0) is 25.2. The van der Waals surface area contributed by atoms with Gasteiger partial charge in [-0.2, -0.15) is 0 Å². The maximum absolute atomic E-state index is 12.8. The molecule has 1 N–H and O–H groups in total. The van der Waals surface area contributed by atoms with E-state index in [4.69, 9.17) is 4.74 Å². The molecule has 0 saturated carbocycles. The first-order valence-corrected chi connectivity index (χ1v) is 13.2. The molecule has 2 unspecified atom stereocenters. The van der Waals surface area contributed by atoms with Crippen LogP contribution in [0.1, 0.15) is 24.0 Å². The van der Waals surface area contributed by atoms with Crippen molar-refractivity contribution in [2.24, 2.45) is 0 Å². The molecular weight excluding hydrogens is 468 g/mol. The Morgan fingerprint density at radius 3 is 2.43 bits per heavy atom. The normalized spacial score (nSPS) is 18.3. The largest absolute Gasteiger partial charge is 0.490 e. The van der Waals surface area contributed by atoms with Crippen molar-refractivity contribution in [1.82, 2.24) is 9.47 Å². The van der Waals surface area contributed by atoms with Gasteiger partial charge in [-0.1, -0.05) is 30.3 Å². The average Bonchev–Trinajstić information content (AvgIpc) is 2.81. The fraction of sp³-hybridized carbons (Fsp3) is 0.308. The highest BCUT2D eigenvalue weighted by Gasteiger charge is 2.33. The van der Waals surface area contributed by atoms with E-state index in [0.29, 0.717) is 37.2 Å². The van der Waals surface area contributed by atoms with Crippen LogP contribution in [0.2, 0.25) is 0 Å². The van der Waals surface area contributed by atoms with Crippen LogP contribution in [-0.4, -0.2) is 54.0 Å². The van der Waals surface area contributed by atoms with Crippen LogP contribution < -0.4 is 10.3 Å². The molecule has 1 aliphatic rings. The van der Waals surface area contributed by atoms with E-state index in [1.807, 2.05) is 37.3 Å². The highest BCUT2D eigenvalue weighted by atomic mass is 32.2. The van der Waals surface area contributed by atoms with Crippen LogP contribution in [0.25, 0.3) is 5.69 Å². The van der Waals surface area contributed by atoms with Gasteiger partial charge < -0.3 is 14.7 Å². The second kappa shape index (κ2) is 9.95. The molecule has 0 aliphatic carbocycles. The fourth-order valence-corrected chi connectivity index (χ4v) is 5.06. The minimum atomic E-state index is -3.32. The Bertz CT molecular complexity index is 1370. The summed E-state index contributed by atoms with van der Waals surface area (Å²) in [4.78, 5) is 26.3. The van der Waals surface area contributed by atoms with Gasteiger partial charge >= 0.3 is 6.09 Å². The van der Waals surface area contributed by atoms with Crippen LogP contribution in [0.5, 0.6) is 5.75 Å². The van der Waals surface area contributed by atoms with Gasteiger partial charge in [0.2, 0.25) is 0 Å². The highest BCUT2D eigenvalue weighted by molar-refractivity contribution is 7.90. The van der Waals surface area contributed by atoms with Crippen molar-refractivity contribution in [2.45, 2.75) is 43.2 Å². The summed E-state index contributed by atoms with van der Waals surface area (Å²) in [6, 6.07) is 17.1. The third-order valence-corrected chi connectivity index (χ3v) is 7.40. The van der Waals surface area contributed by atoms with Gasteiger partial charge in [0.05, 0.1) is 4.90 Å². The maximum Gasteiger partial charge on any atom is 0.407 e. The van der Waals surface area contributed by atoms with Crippen molar-refractivity contribution in [3.63, 3.8) is 0 Å². The van der Waals surface area contributed by atoms with E-state index < -0.39 is 15.9 Å². The second-order valence-corrected chi connectivity index (χ2v) is 10.9. The fourth-order valence-electron chi connectivity index (χ4n) is 4.43. The summed E-state index contributed by atoms with van der Waals surface area (Å²) in [6.07, 6.45) is 3.30. The predicted molar refractivity (Wildman–Crippen MR) is 132 cm³/mol. The minimum Gasteiger partial charge on any atom is -0.490 e. The van der Waals surface area contributed by atoms with E-state index in [1.54, 1.807) is 18.3 Å². The summed E-state index contributed by atoms with van der Waals surface area (Å²) in [6.45, 7) is 2.20. The lowest BCUT2D eigenvalue weighted by Crippen LogP contribution is -2.49. The molecule has 1 aromatic heterocycles. The van der Waals surface area contributed by atoms with E-state index in [-0.39, 0.29) is 22.6 Å². The molecule has 2 atom stereocenters. The first-order valence-electron chi connectivity index (χ1n) is 11.4. The number of carboxylic acid groups (broad SMARTS) is 1. The SMILES string of the molecule is Cc1cn(-c2ccc(S(C)(=O)=O)cc2)c(=O)cc1OC1CCN(C(=O)O)C(Cc2ccccc2)C1. The lowest BCUT2D eigenvalue weighted by atomic mass is 9.94. The Labute approximate surface area is 204 Å². The number of benzene rings is 2. The molecular formula is C26H28N2O6S. The van der Waals surface area contributed by atoms with Crippen LogP contribution in [0.3, 0.4) is 0 Å². The van der Waals surface area contributed by atoms with Gasteiger partial charge in [-0.25, -0.2) is 13.2 Å². The summed E-state index contributed by atoms with van der Waals surface area (Å²) < 4.78 is 31.0. The number of sulfone groups is 1. The Hall–Kier alpha value is -3.59. The number of rotatable bonds is 6. The number of pyridine rings is 1. The first-order chi connectivity index (χ1) is 16.6. The van der Waals surface area contributed by atoms with Gasteiger partial charge in [0.15, 0.2) is 9.84 Å². The van der Waals surface area contributed by atoms with Gasteiger partial charge in [0.1, 0.15) is 11.9 Å². The molecule has 184 valence electrons. The molecule has 8 nitrogen and oxygen atoms in total. The van der Waals surface area contributed by atoms with Gasteiger partial charge in [-0.05, 0) is 43.2 Å². The molecule has 2 heterocycles. The average molecular weight is 497 g/mol. The number of aryl methyl sites for hydroxylation is 1. The number of likely N-dealkylation sites (tertiary alicyclic amines) is 1. The van der Waals surface area contributed by atoms with Crippen LogP contribution >= 0.6 is 0 Å². The van der Waals surface area contributed by atoms with Crippen LogP contribution in [0, 0.1) is 6.92 Å². The summed E-state index contributed by atoms with van der Waals surface area (Å²) >= 11 is 0. The van der Waals surface area contributed by atoms with Gasteiger partial charge in [-0.15, -0.1) is 0 Å². The molecule has 3 aromatic rings. The van der Waals surface area contributed by atoms with Crippen molar-refractivity contribution < 1.29 is 23.1 Å². The second-order valence-electron chi connectivity index (χ2n) is 8.88. The maximum atomic E-state index is 12.8. The molecule has 1 saturated heterocycles. The van der Waals surface area contributed by atoms with Crippen molar-refractivity contribution >= 4 is 15.9 Å². The van der Waals surface area contributed by atoms with Crippen molar-refractivity contribution in [1.29, 1.82) is 0 Å². The molecule has 1 amide bonds. The summed E-state index contributed by atoms with van der Waals surface area (Å²) in [5.41, 5.74) is 2.05. The van der Waals surface area contributed by atoms with E-state index in [9.17, 15) is 23.1 Å². The summed E-state index contributed by atoms with van der Waals surface area (Å²) in [5, 5.41) is 9.65. The van der Waals surface area contributed by atoms with Crippen molar-refractivity contribution in [3.8, 4) is 11.4 Å². The molecule has 1 fully saturated rings. The molecule has 0 bridgehead atoms. The third-order valence-electron chi connectivity index (χ3n) is 6.27. The molecule has 0 radical (unpaired) electrons. The molecule has 1 aliphatic heterocycles. The third kappa shape index (κ3) is 5.74. The number of aromatic nitrogens is 1. The summed E-state index contributed by atoms with van der Waals surface area (Å²) in [5.74, 6) is 0.464. The highest BCUT2D eigenvalue weighted by Crippen LogP contribution is 2.27. The zero-order valence-corrected chi connectivity index (χ0v) is 20.4. The number of ether oxygens (including phenoxy) is 1. The number of hydrogen-bond donors (Lipinski definition) is 1. The lowest BCUT2D eigenvalue weighted by Gasteiger charge is -2.38. The smallest absolute Gasteiger partial charge is 0.407 e. The Morgan fingerprint density at radius 2 is 1.80 bits per heavy atom. The van der Waals surface area contributed by atoms with Gasteiger partial charge in [-0.3, -0.25) is 9.36 Å². The Morgan fingerprint density at radius 1 is 1.11 bits per heavy atom. The van der Waals surface area contributed by atoms with E-state index >= 15 is 0 Å². The summed E-state index contributed by atoms with van der Waals surface area (Å²) in [7, 11) is -3.32. The molecule has 9 heteroatoms. The van der Waals surface area contributed by atoms with E-state index in [1.165, 1.54) is 27.7 Å². The quantitative estimate of drug-likeness (QED) is 0.558. The van der Waals surface area contributed by atoms with Crippen LogP contribution in [0.4, 0.5) is 4.79 Å². The number of nitrogens with zero attached hydrogens (tertiary/aromatic N) is 2. The van der Waals surface area contributed by atoms with E-state index in [2.05, 4.69) is 0 Å². The number of carbonyl (C=O) groups is 1. The van der Waals surface area contributed by atoms with Crippen molar-refractivity contribution in [3.05, 3.63) is 88.3 Å². The van der Waals surface area contributed by atoms with Crippen LogP contribution in [-0.2, 0) is 16.3 Å². The molecule has 35 heavy (non-hydrogen) atoms. The first kappa shape index (κ1) is 24.5. The topological polar surface area (TPSA) is 106 Å². The number of amides is 1. The standard InChI is InChI=1S/C26H28N2O6S/c1-18-17-28(20-8-10-23(11-9-20)35(2,32)33)25(29)16-24(18)34-22-12-13-27(26(30)31)21(15-22)14-19-6-4-3-5-7-19/h3-11,16-17,21-22H,12-15H2,1-2H3,(H,30,31). The number of hydrogen-bond acceptors (Lipinski definition) is 5. The molecule has 4 rings (SSSR count). The predicted octanol–water partition coefficient (Wildman–Crippen LogP) is 3.68. The molecule has 0 spiro atoms. The Kier molecular flexibility index (Phi) is 6.98. The van der Waals surface area contributed by atoms with Gasteiger partial charge in [0, 0.05) is 55.2 Å². The zero-order valence-electron chi connectivity index (χ0n) is 19.6. The van der Waals surface area contributed by atoms with Gasteiger partial charge in [0.25, 0.3) is 5.56 Å². The molecule has 2 aromatic carbocycles. The monoisotopic (exact) mass is 496 g/mol. The lowest BCUT2D eigenvalue weighted by molar-refractivity contribution is 0.0541. The Balaban J connectivity index is 1.52. The minimum absolute atomic E-state index is 0.184.